The van der Waals surface area contributed by atoms with Gasteiger partial charge in [-0.15, -0.1) is 11.3 Å². The molecule has 0 aliphatic rings. The number of rotatable bonds is 3. The van der Waals surface area contributed by atoms with Gasteiger partial charge in [0.05, 0.1) is 5.69 Å². The van der Waals surface area contributed by atoms with Gasteiger partial charge in [0.1, 0.15) is 9.71 Å². The lowest BCUT2D eigenvalue weighted by Gasteiger charge is -2.03. The first-order chi connectivity index (χ1) is 10.5. The maximum Gasteiger partial charge on any atom is 0.205 e. The average Bonchev–Trinajstić information content (AvgIpc) is 2.84. The van der Waals surface area contributed by atoms with Crippen molar-refractivity contribution in [3.8, 4) is 0 Å². The summed E-state index contributed by atoms with van der Waals surface area (Å²) in [5.41, 5.74) is 8.23. The zero-order valence-corrected chi connectivity index (χ0v) is 13.8. The van der Waals surface area contributed by atoms with E-state index in [9.17, 15) is 4.79 Å². The number of carbonyl (C=O) groups excluding carboxylic acids is 1. The number of benzene rings is 1. The van der Waals surface area contributed by atoms with Gasteiger partial charge in [-0.1, -0.05) is 25.4 Å². The lowest BCUT2D eigenvalue weighted by molar-refractivity contribution is 0.104. The summed E-state index contributed by atoms with van der Waals surface area (Å²) < 4.78 is 0. The third-order valence-corrected chi connectivity index (χ3v) is 4.89. The minimum atomic E-state index is -0.0942. The van der Waals surface area contributed by atoms with Crippen LogP contribution in [0.1, 0.15) is 40.7 Å². The lowest BCUT2D eigenvalue weighted by Crippen LogP contribution is -2.01. The Balaban J connectivity index is 2.08. The van der Waals surface area contributed by atoms with Gasteiger partial charge in [-0.05, 0) is 42.3 Å². The first-order valence-corrected chi connectivity index (χ1v) is 8.16. The van der Waals surface area contributed by atoms with Crippen molar-refractivity contribution >= 4 is 44.6 Å². The van der Waals surface area contributed by atoms with Gasteiger partial charge in [0.25, 0.3) is 0 Å². The molecule has 0 atom stereocenters. The Morgan fingerprint density at radius 2 is 1.86 bits per heavy atom. The molecule has 0 radical (unpaired) electrons. The highest BCUT2D eigenvalue weighted by atomic mass is 35.5. The van der Waals surface area contributed by atoms with Crippen LogP contribution in [0.4, 0.5) is 5.69 Å². The lowest BCUT2D eigenvalue weighted by atomic mass is 10.1. The summed E-state index contributed by atoms with van der Waals surface area (Å²) in [4.78, 5) is 18.6. The molecule has 3 nitrogen and oxygen atoms in total. The SMILES string of the molecule is CC(C)c1ccc2c(N)c(C(=O)c3ccc(Cl)cc3)sc2n1. The topological polar surface area (TPSA) is 56.0 Å². The van der Waals surface area contributed by atoms with Crippen LogP contribution in [0, 0.1) is 0 Å². The first kappa shape index (κ1) is 15.0. The van der Waals surface area contributed by atoms with Crippen LogP contribution in [-0.2, 0) is 0 Å². The summed E-state index contributed by atoms with van der Waals surface area (Å²) in [6.45, 7) is 4.18. The number of hydrogen-bond donors (Lipinski definition) is 1. The molecule has 0 aliphatic heterocycles. The van der Waals surface area contributed by atoms with Gasteiger partial charge in [-0.2, -0.15) is 0 Å². The highest BCUT2D eigenvalue weighted by Crippen LogP contribution is 2.35. The summed E-state index contributed by atoms with van der Waals surface area (Å²) in [7, 11) is 0. The molecule has 0 saturated heterocycles. The summed E-state index contributed by atoms with van der Waals surface area (Å²) in [6.07, 6.45) is 0. The summed E-state index contributed by atoms with van der Waals surface area (Å²) >= 11 is 7.21. The van der Waals surface area contributed by atoms with Crippen LogP contribution in [0.25, 0.3) is 10.2 Å². The Labute approximate surface area is 137 Å². The second-order valence-electron chi connectivity index (χ2n) is 5.42. The molecule has 0 saturated carbocycles. The Kier molecular flexibility index (Phi) is 3.89. The molecular formula is C17H15ClN2OS. The molecule has 22 heavy (non-hydrogen) atoms. The number of hydrogen-bond acceptors (Lipinski definition) is 4. The Hall–Kier alpha value is -1.91. The van der Waals surface area contributed by atoms with Crippen LogP contribution < -0.4 is 5.73 Å². The van der Waals surface area contributed by atoms with E-state index in [1.165, 1.54) is 11.3 Å². The van der Waals surface area contributed by atoms with E-state index in [0.717, 1.165) is 15.9 Å². The zero-order chi connectivity index (χ0) is 15.9. The van der Waals surface area contributed by atoms with Gasteiger partial charge in [-0.3, -0.25) is 4.79 Å². The van der Waals surface area contributed by atoms with Crippen LogP contribution in [-0.4, -0.2) is 10.8 Å². The van der Waals surface area contributed by atoms with E-state index in [4.69, 9.17) is 17.3 Å². The number of ketones is 1. The standard InChI is InChI=1S/C17H15ClN2OS/c1-9(2)13-8-7-12-14(19)16(22-17(12)20-13)15(21)10-3-5-11(18)6-4-10/h3-9H,19H2,1-2H3. The van der Waals surface area contributed by atoms with E-state index in [-0.39, 0.29) is 5.78 Å². The van der Waals surface area contributed by atoms with E-state index in [1.807, 2.05) is 12.1 Å². The Bertz CT molecular complexity index is 853. The van der Waals surface area contributed by atoms with Gasteiger partial charge in [0.15, 0.2) is 0 Å². The molecular weight excluding hydrogens is 316 g/mol. The number of carbonyl (C=O) groups is 1. The van der Waals surface area contributed by atoms with E-state index < -0.39 is 0 Å². The monoisotopic (exact) mass is 330 g/mol. The summed E-state index contributed by atoms with van der Waals surface area (Å²) in [6, 6.07) is 10.7. The largest absolute Gasteiger partial charge is 0.397 e. The fourth-order valence-corrected chi connectivity index (χ4v) is 3.42. The quantitative estimate of drug-likeness (QED) is 0.696. The molecule has 3 rings (SSSR count). The van der Waals surface area contributed by atoms with Crippen LogP contribution in [0.5, 0.6) is 0 Å². The van der Waals surface area contributed by atoms with Gasteiger partial charge >= 0.3 is 0 Å². The van der Waals surface area contributed by atoms with Crippen LogP contribution >= 0.6 is 22.9 Å². The molecule has 2 N–H and O–H groups in total. The van der Waals surface area contributed by atoms with E-state index in [0.29, 0.717) is 27.1 Å². The third kappa shape index (κ3) is 2.60. The predicted molar refractivity (Wildman–Crippen MR) is 93.0 cm³/mol. The second-order valence-corrected chi connectivity index (χ2v) is 6.86. The molecule has 1 aromatic carbocycles. The molecule has 0 aliphatic carbocycles. The van der Waals surface area contributed by atoms with Crippen molar-refractivity contribution in [2.75, 3.05) is 5.73 Å². The van der Waals surface area contributed by atoms with Crippen molar-refractivity contribution in [3.05, 3.63) is 57.6 Å². The van der Waals surface area contributed by atoms with Crippen molar-refractivity contribution in [3.63, 3.8) is 0 Å². The predicted octanol–water partition coefficient (Wildman–Crippen LogP) is 4.89. The maximum absolute atomic E-state index is 12.6. The number of anilines is 1. The number of nitrogen functional groups attached to an aromatic ring is 1. The molecule has 0 unspecified atom stereocenters. The fourth-order valence-electron chi connectivity index (χ4n) is 2.23. The molecule has 3 aromatic rings. The van der Waals surface area contributed by atoms with Gasteiger partial charge in [0, 0.05) is 21.7 Å². The van der Waals surface area contributed by atoms with Crippen LogP contribution in [0.3, 0.4) is 0 Å². The van der Waals surface area contributed by atoms with E-state index in [1.54, 1.807) is 24.3 Å². The highest BCUT2D eigenvalue weighted by molar-refractivity contribution is 7.21. The number of nitrogens with zero attached hydrogens (tertiary/aromatic N) is 1. The summed E-state index contributed by atoms with van der Waals surface area (Å²) in [5.74, 6) is 0.242. The maximum atomic E-state index is 12.6. The van der Waals surface area contributed by atoms with E-state index in [2.05, 4.69) is 18.8 Å². The van der Waals surface area contributed by atoms with Crippen LogP contribution in [0.2, 0.25) is 5.02 Å². The molecule has 0 amide bonds. The number of aromatic nitrogens is 1. The number of pyridine rings is 1. The van der Waals surface area contributed by atoms with Gasteiger partial charge in [0.2, 0.25) is 5.78 Å². The molecule has 5 heteroatoms. The first-order valence-electron chi connectivity index (χ1n) is 6.96. The fraction of sp³-hybridized carbons (Fsp3) is 0.176. The molecule has 2 aromatic heterocycles. The van der Waals surface area contributed by atoms with Crippen molar-refractivity contribution in [1.82, 2.24) is 4.98 Å². The average molecular weight is 331 g/mol. The smallest absolute Gasteiger partial charge is 0.205 e. The molecule has 0 fully saturated rings. The minimum Gasteiger partial charge on any atom is -0.397 e. The molecule has 0 bridgehead atoms. The Morgan fingerprint density at radius 1 is 1.18 bits per heavy atom. The third-order valence-electron chi connectivity index (χ3n) is 3.52. The van der Waals surface area contributed by atoms with Gasteiger partial charge < -0.3 is 5.73 Å². The number of halogens is 1. The number of thiophene rings is 1. The zero-order valence-electron chi connectivity index (χ0n) is 12.3. The van der Waals surface area contributed by atoms with E-state index >= 15 is 0 Å². The van der Waals surface area contributed by atoms with Gasteiger partial charge in [-0.25, -0.2) is 4.98 Å². The number of nitrogens with two attached hydrogens (primary N) is 1. The molecule has 2 heterocycles. The highest BCUT2D eigenvalue weighted by Gasteiger charge is 2.19. The van der Waals surface area contributed by atoms with Crippen molar-refractivity contribution < 1.29 is 4.79 Å². The normalized spacial score (nSPS) is 11.3. The van der Waals surface area contributed by atoms with Crippen molar-refractivity contribution in [2.45, 2.75) is 19.8 Å². The molecule has 112 valence electrons. The van der Waals surface area contributed by atoms with Crippen molar-refractivity contribution in [1.29, 1.82) is 0 Å². The van der Waals surface area contributed by atoms with Crippen molar-refractivity contribution in [2.24, 2.45) is 0 Å². The summed E-state index contributed by atoms with van der Waals surface area (Å²) in [5, 5.41) is 1.44. The van der Waals surface area contributed by atoms with Crippen LogP contribution in [0.15, 0.2) is 36.4 Å². The second kappa shape index (κ2) is 5.71. The number of fused-ring (bicyclic) bond motifs is 1. The molecule has 0 spiro atoms. The minimum absolute atomic E-state index is 0.0942. The Morgan fingerprint density at radius 3 is 2.50 bits per heavy atom.